The zero-order valence-electron chi connectivity index (χ0n) is 13.7. The number of aromatic nitrogens is 1. The number of halogens is 1. The van der Waals surface area contributed by atoms with E-state index in [-0.39, 0.29) is 12.5 Å². The lowest BCUT2D eigenvalue weighted by Gasteiger charge is -2.36. The van der Waals surface area contributed by atoms with E-state index in [0.717, 1.165) is 18.8 Å². The Morgan fingerprint density at radius 2 is 1.88 bits per heavy atom. The van der Waals surface area contributed by atoms with Gasteiger partial charge in [-0.3, -0.25) is 4.79 Å². The number of pyridine rings is 1. The Morgan fingerprint density at radius 1 is 1.20 bits per heavy atom. The number of carbonyl (C=O) groups excluding carboxylic acids is 1. The van der Waals surface area contributed by atoms with Crippen LogP contribution in [0.25, 0.3) is 0 Å². The Balaban J connectivity index is 1.62. The fourth-order valence-corrected chi connectivity index (χ4v) is 2.91. The maximum atomic E-state index is 11.6. The molecule has 0 saturated carbocycles. The van der Waals surface area contributed by atoms with Crippen LogP contribution in [0.5, 0.6) is 11.6 Å². The van der Waals surface area contributed by atoms with Crippen molar-refractivity contribution < 1.29 is 9.53 Å². The molecule has 1 aromatic heterocycles. The molecule has 1 amide bonds. The fraction of sp³-hybridized carbons (Fsp3) is 0.294. The lowest BCUT2D eigenvalue weighted by Crippen LogP contribution is -2.50. The predicted molar refractivity (Wildman–Crippen MR) is 98.0 cm³/mol. The van der Waals surface area contributed by atoms with Crippen LogP contribution in [0.3, 0.4) is 0 Å². The van der Waals surface area contributed by atoms with Gasteiger partial charge in [-0.05, 0) is 30.3 Å². The molecule has 1 aliphatic rings. The second kappa shape index (κ2) is 7.58. The Morgan fingerprint density at radius 3 is 2.48 bits per heavy atom. The van der Waals surface area contributed by atoms with Crippen molar-refractivity contribution in [2.24, 2.45) is 5.73 Å². The van der Waals surface area contributed by atoms with Crippen molar-refractivity contribution in [1.29, 1.82) is 0 Å². The number of benzene rings is 1. The predicted octanol–water partition coefficient (Wildman–Crippen LogP) is 1.72. The molecule has 7 nitrogen and oxygen atoms in total. The van der Waals surface area contributed by atoms with Gasteiger partial charge in [0.15, 0.2) is 0 Å². The van der Waals surface area contributed by atoms with Crippen LogP contribution in [0.2, 0.25) is 5.02 Å². The number of carbonyl (C=O) groups is 1. The van der Waals surface area contributed by atoms with E-state index in [1.54, 1.807) is 11.0 Å². The number of amides is 1. The smallest absolute Gasteiger partial charge is 0.238 e. The summed E-state index contributed by atoms with van der Waals surface area (Å²) in [5.41, 5.74) is 12.6. The van der Waals surface area contributed by atoms with E-state index >= 15 is 0 Å². The van der Waals surface area contributed by atoms with E-state index in [0.29, 0.717) is 35.4 Å². The van der Waals surface area contributed by atoms with Crippen molar-refractivity contribution in [2.45, 2.75) is 0 Å². The van der Waals surface area contributed by atoms with Crippen LogP contribution in [0.1, 0.15) is 0 Å². The highest BCUT2D eigenvalue weighted by atomic mass is 35.5. The van der Waals surface area contributed by atoms with Gasteiger partial charge in [0.2, 0.25) is 11.8 Å². The molecular formula is C17H20ClN5O2. The molecule has 0 unspecified atom stereocenters. The van der Waals surface area contributed by atoms with E-state index in [1.165, 1.54) is 6.20 Å². The molecule has 4 N–H and O–H groups in total. The molecule has 8 heteroatoms. The van der Waals surface area contributed by atoms with Crippen LogP contribution in [0, 0.1) is 0 Å². The molecule has 25 heavy (non-hydrogen) atoms. The topological polar surface area (TPSA) is 97.7 Å². The lowest BCUT2D eigenvalue weighted by atomic mass is 10.2. The van der Waals surface area contributed by atoms with Crippen molar-refractivity contribution >= 4 is 28.9 Å². The molecule has 1 fully saturated rings. The molecule has 0 radical (unpaired) electrons. The van der Waals surface area contributed by atoms with Gasteiger partial charge in [0.25, 0.3) is 0 Å². The highest BCUT2D eigenvalue weighted by molar-refractivity contribution is 6.32. The third kappa shape index (κ3) is 4.12. The van der Waals surface area contributed by atoms with E-state index < -0.39 is 0 Å². The number of ether oxygens (including phenoxy) is 1. The number of hydrogen-bond donors (Lipinski definition) is 2. The first-order valence-corrected chi connectivity index (χ1v) is 8.36. The van der Waals surface area contributed by atoms with Gasteiger partial charge >= 0.3 is 0 Å². The molecule has 0 spiro atoms. The molecule has 3 rings (SSSR count). The van der Waals surface area contributed by atoms with Gasteiger partial charge in [-0.1, -0.05) is 11.6 Å². The largest absolute Gasteiger partial charge is 0.438 e. The van der Waals surface area contributed by atoms with Gasteiger partial charge < -0.3 is 26.0 Å². The number of anilines is 2. The van der Waals surface area contributed by atoms with E-state index in [2.05, 4.69) is 9.88 Å². The highest BCUT2D eigenvalue weighted by Crippen LogP contribution is 2.29. The minimum absolute atomic E-state index is 0.00345. The maximum Gasteiger partial charge on any atom is 0.238 e. The number of hydrogen-bond acceptors (Lipinski definition) is 6. The Labute approximate surface area is 151 Å². The maximum absolute atomic E-state index is 11.6. The molecule has 1 aromatic carbocycles. The average molecular weight is 362 g/mol. The molecule has 0 aliphatic carbocycles. The van der Waals surface area contributed by atoms with Gasteiger partial charge in [0.1, 0.15) is 10.8 Å². The molecule has 1 aliphatic heterocycles. The zero-order valence-corrected chi connectivity index (χ0v) is 14.4. The van der Waals surface area contributed by atoms with Crippen LogP contribution >= 0.6 is 11.6 Å². The van der Waals surface area contributed by atoms with Crippen LogP contribution in [0.4, 0.5) is 11.4 Å². The summed E-state index contributed by atoms with van der Waals surface area (Å²) in [6.07, 6.45) is 1.50. The van der Waals surface area contributed by atoms with Crippen molar-refractivity contribution in [3.05, 3.63) is 41.6 Å². The Bertz CT molecular complexity index is 745. The molecule has 0 bridgehead atoms. The van der Waals surface area contributed by atoms with Crippen molar-refractivity contribution in [3.8, 4) is 11.6 Å². The molecule has 0 atom stereocenters. The standard InChI is InChI=1S/C17H20ClN5O2/c18-15-9-12(20)11-21-17(15)25-14-3-1-13(2-4-14)22-5-7-23(8-6-22)16(24)10-19/h1-4,9,11H,5-8,10,19-20H2. The highest BCUT2D eigenvalue weighted by Gasteiger charge is 2.20. The summed E-state index contributed by atoms with van der Waals surface area (Å²) < 4.78 is 5.69. The van der Waals surface area contributed by atoms with Gasteiger partial charge in [-0.2, -0.15) is 0 Å². The molecule has 132 valence electrons. The van der Waals surface area contributed by atoms with Gasteiger partial charge in [-0.15, -0.1) is 0 Å². The summed E-state index contributed by atoms with van der Waals surface area (Å²) in [4.78, 5) is 19.7. The number of nitrogens with two attached hydrogens (primary N) is 2. The monoisotopic (exact) mass is 361 g/mol. The number of rotatable bonds is 4. The van der Waals surface area contributed by atoms with Crippen LogP contribution in [-0.4, -0.2) is 48.5 Å². The summed E-state index contributed by atoms with van der Waals surface area (Å²) in [5, 5.41) is 0.366. The Hall–Kier alpha value is -2.51. The van der Waals surface area contributed by atoms with E-state index in [4.69, 9.17) is 27.8 Å². The summed E-state index contributed by atoms with van der Waals surface area (Å²) in [6, 6.07) is 9.27. The van der Waals surface area contributed by atoms with Crippen molar-refractivity contribution in [2.75, 3.05) is 43.4 Å². The summed E-state index contributed by atoms with van der Waals surface area (Å²) in [7, 11) is 0. The first-order chi connectivity index (χ1) is 12.1. The number of piperazine rings is 1. The number of nitrogens with zero attached hydrogens (tertiary/aromatic N) is 3. The summed E-state index contributed by atoms with van der Waals surface area (Å²) >= 11 is 6.07. The van der Waals surface area contributed by atoms with Crippen LogP contribution in [0.15, 0.2) is 36.5 Å². The van der Waals surface area contributed by atoms with Gasteiger partial charge in [0, 0.05) is 31.9 Å². The van der Waals surface area contributed by atoms with E-state index in [9.17, 15) is 4.79 Å². The summed E-state index contributed by atoms with van der Waals surface area (Å²) in [5.74, 6) is 0.952. The van der Waals surface area contributed by atoms with Crippen LogP contribution in [-0.2, 0) is 4.79 Å². The molecule has 1 saturated heterocycles. The minimum atomic E-state index is -0.00345. The summed E-state index contributed by atoms with van der Waals surface area (Å²) in [6.45, 7) is 2.97. The normalized spacial score (nSPS) is 14.5. The fourth-order valence-electron chi connectivity index (χ4n) is 2.70. The lowest BCUT2D eigenvalue weighted by molar-refractivity contribution is -0.129. The van der Waals surface area contributed by atoms with Crippen LogP contribution < -0.4 is 21.1 Å². The second-order valence-corrected chi connectivity index (χ2v) is 6.13. The zero-order chi connectivity index (χ0) is 17.8. The van der Waals surface area contributed by atoms with Gasteiger partial charge in [-0.25, -0.2) is 4.98 Å². The van der Waals surface area contributed by atoms with Crippen molar-refractivity contribution in [1.82, 2.24) is 9.88 Å². The third-order valence-corrected chi connectivity index (χ3v) is 4.32. The minimum Gasteiger partial charge on any atom is -0.438 e. The first-order valence-electron chi connectivity index (χ1n) is 7.98. The number of nitrogen functional groups attached to an aromatic ring is 1. The quantitative estimate of drug-likeness (QED) is 0.860. The first kappa shape index (κ1) is 17.3. The van der Waals surface area contributed by atoms with Crippen molar-refractivity contribution in [3.63, 3.8) is 0 Å². The molecule has 2 heterocycles. The SMILES string of the molecule is NCC(=O)N1CCN(c2ccc(Oc3ncc(N)cc3Cl)cc2)CC1. The second-order valence-electron chi connectivity index (χ2n) is 5.72. The van der Waals surface area contributed by atoms with Gasteiger partial charge in [0.05, 0.1) is 18.4 Å². The average Bonchev–Trinajstić information content (AvgIpc) is 2.64. The van der Waals surface area contributed by atoms with E-state index in [1.807, 2.05) is 24.3 Å². The third-order valence-electron chi connectivity index (χ3n) is 4.05. The molecular weight excluding hydrogens is 342 g/mol. The Kier molecular flexibility index (Phi) is 5.25. The molecule has 2 aromatic rings.